The standard InChI is InChI=1S/C15H15Cl2N3O2/c1-3-22-15(21)13-9(2)14(20-8-19-13)18-7-10-4-5-11(16)12(17)6-10/h4-6,8H,3,7H2,1-2H3,(H,18,19,20). The number of hydrogen-bond acceptors (Lipinski definition) is 5. The third-order valence-electron chi connectivity index (χ3n) is 3.00. The van der Waals surface area contributed by atoms with Gasteiger partial charge in [0, 0.05) is 12.1 Å². The number of carbonyl (C=O) groups excluding carboxylic acids is 1. The molecule has 7 heteroatoms. The minimum Gasteiger partial charge on any atom is -0.461 e. The maximum absolute atomic E-state index is 11.8. The molecule has 5 nitrogen and oxygen atoms in total. The van der Waals surface area contributed by atoms with E-state index >= 15 is 0 Å². The Morgan fingerprint density at radius 2 is 2.05 bits per heavy atom. The third kappa shape index (κ3) is 3.87. The Morgan fingerprint density at radius 1 is 1.27 bits per heavy atom. The number of nitrogens with one attached hydrogen (secondary N) is 1. The van der Waals surface area contributed by atoms with Crippen LogP contribution in [0.25, 0.3) is 0 Å². The molecule has 0 bridgehead atoms. The van der Waals surface area contributed by atoms with E-state index in [1.165, 1.54) is 6.33 Å². The van der Waals surface area contributed by atoms with Crippen molar-refractivity contribution in [3.05, 3.63) is 51.4 Å². The average molecular weight is 340 g/mol. The van der Waals surface area contributed by atoms with Gasteiger partial charge in [-0.3, -0.25) is 0 Å². The average Bonchev–Trinajstić information content (AvgIpc) is 2.50. The van der Waals surface area contributed by atoms with Crippen LogP contribution in [-0.2, 0) is 11.3 Å². The van der Waals surface area contributed by atoms with Crippen molar-refractivity contribution in [3.63, 3.8) is 0 Å². The van der Waals surface area contributed by atoms with Gasteiger partial charge in [0.1, 0.15) is 12.1 Å². The van der Waals surface area contributed by atoms with Crippen molar-refractivity contribution in [2.24, 2.45) is 0 Å². The number of aromatic nitrogens is 2. The lowest BCUT2D eigenvalue weighted by molar-refractivity contribution is 0.0518. The number of carbonyl (C=O) groups is 1. The Kier molecular flexibility index (Phi) is 5.57. The summed E-state index contributed by atoms with van der Waals surface area (Å²) in [6, 6.07) is 5.38. The second kappa shape index (κ2) is 7.42. The Labute approximate surface area is 138 Å². The molecule has 0 aliphatic carbocycles. The van der Waals surface area contributed by atoms with Crippen molar-refractivity contribution in [3.8, 4) is 0 Å². The quantitative estimate of drug-likeness (QED) is 0.837. The minimum atomic E-state index is -0.458. The molecular formula is C15H15Cl2N3O2. The van der Waals surface area contributed by atoms with Crippen molar-refractivity contribution < 1.29 is 9.53 Å². The van der Waals surface area contributed by atoms with E-state index in [9.17, 15) is 4.79 Å². The molecule has 1 N–H and O–H groups in total. The molecule has 0 fully saturated rings. The van der Waals surface area contributed by atoms with Gasteiger partial charge in [0.05, 0.1) is 16.7 Å². The molecule has 0 aliphatic heterocycles. The molecule has 0 aliphatic rings. The Balaban J connectivity index is 2.14. The summed E-state index contributed by atoms with van der Waals surface area (Å²) in [5.74, 6) is 0.115. The second-order valence-electron chi connectivity index (χ2n) is 4.52. The van der Waals surface area contributed by atoms with Gasteiger partial charge in [-0.05, 0) is 31.5 Å². The molecule has 2 rings (SSSR count). The second-order valence-corrected chi connectivity index (χ2v) is 5.33. The summed E-state index contributed by atoms with van der Waals surface area (Å²) in [4.78, 5) is 19.9. The summed E-state index contributed by atoms with van der Waals surface area (Å²) in [7, 11) is 0. The van der Waals surface area contributed by atoms with Gasteiger partial charge in [-0.25, -0.2) is 14.8 Å². The predicted octanol–water partition coefficient (Wildman–Crippen LogP) is 3.88. The predicted molar refractivity (Wildman–Crippen MR) is 86.5 cm³/mol. The first kappa shape index (κ1) is 16.5. The molecule has 116 valence electrons. The fourth-order valence-corrected chi connectivity index (χ4v) is 2.19. The van der Waals surface area contributed by atoms with Crippen LogP contribution in [0.2, 0.25) is 10.0 Å². The van der Waals surface area contributed by atoms with Crippen LogP contribution in [0.15, 0.2) is 24.5 Å². The van der Waals surface area contributed by atoms with E-state index in [0.29, 0.717) is 34.6 Å². The zero-order valence-electron chi connectivity index (χ0n) is 12.2. The molecule has 1 heterocycles. The van der Waals surface area contributed by atoms with E-state index in [1.54, 1.807) is 26.0 Å². The molecule has 2 aromatic rings. The summed E-state index contributed by atoms with van der Waals surface area (Å²) in [6.45, 7) is 4.31. The molecule has 0 saturated heterocycles. The molecule has 1 aromatic heterocycles. The monoisotopic (exact) mass is 339 g/mol. The topological polar surface area (TPSA) is 64.1 Å². The first-order valence-electron chi connectivity index (χ1n) is 6.69. The number of ether oxygens (including phenoxy) is 1. The number of benzene rings is 1. The van der Waals surface area contributed by atoms with Crippen molar-refractivity contribution in [2.45, 2.75) is 20.4 Å². The van der Waals surface area contributed by atoms with Crippen LogP contribution in [0.5, 0.6) is 0 Å². The van der Waals surface area contributed by atoms with Crippen LogP contribution in [0, 0.1) is 6.92 Å². The molecule has 0 unspecified atom stereocenters. The highest BCUT2D eigenvalue weighted by Crippen LogP contribution is 2.23. The van der Waals surface area contributed by atoms with E-state index in [1.807, 2.05) is 6.07 Å². The van der Waals surface area contributed by atoms with Crippen LogP contribution in [-0.4, -0.2) is 22.5 Å². The maximum Gasteiger partial charge on any atom is 0.357 e. The molecule has 0 atom stereocenters. The summed E-state index contributed by atoms with van der Waals surface area (Å²) < 4.78 is 4.97. The van der Waals surface area contributed by atoms with E-state index in [4.69, 9.17) is 27.9 Å². The highest BCUT2D eigenvalue weighted by Gasteiger charge is 2.15. The SMILES string of the molecule is CCOC(=O)c1ncnc(NCc2ccc(Cl)c(Cl)c2)c1C. The number of anilines is 1. The highest BCUT2D eigenvalue weighted by atomic mass is 35.5. The summed E-state index contributed by atoms with van der Waals surface area (Å²) in [5.41, 5.74) is 1.85. The van der Waals surface area contributed by atoms with Gasteiger partial charge in [0.25, 0.3) is 0 Å². The lowest BCUT2D eigenvalue weighted by Crippen LogP contribution is -2.12. The van der Waals surface area contributed by atoms with E-state index in [2.05, 4.69) is 15.3 Å². The summed E-state index contributed by atoms with van der Waals surface area (Å²) >= 11 is 11.9. The molecule has 22 heavy (non-hydrogen) atoms. The molecule has 0 spiro atoms. The van der Waals surface area contributed by atoms with Crippen molar-refractivity contribution >= 4 is 35.0 Å². The lowest BCUT2D eigenvalue weighted by atomic mass is 10.2. The maximum atomic E-state index is 11.8. The molecular weight excluding hydrogens is 325 g/mol. The number of nitrogens with zero attached hydrogens (tertiary/aromatic N) is 2. The Bertz CT molecular complexity index is 692. The fraction of sp³-hybridized carbons (Fsp3) is 0.267. The van der Waals surface area contributed by atoms with Crippen LogP contribution in [0.4, 0.5) is 5.82 Å². The number of hydrogen-bond donors (Lipinski definition) is 1. The Hall–Kier alpha value is -1.85. The van der Waals surface area contributed by atoms with Crippen molar-refractivity contribution in [1.29, 1.82) is 0 Å². The first-order valence-corrected chi connectivity index (χ1v) is 7.45. The minimum absolute atomic E-state index is 0.258. The number of esters is 1. The van der Waals surface area contributed by atoms with E-state index in [0.717, 1.165) is 5.56 Å². The summed E-state index contributed by atoms with van der Waals surface area (Å²) in [6.07, 6.45) is 1.33. The first-order chi connectivity index (χ1) is 10.5. The fourth-order valence-electron chi connectivity index (χ4n) is 1.87. The smallest absolute Gasteiger partial charge is 0.357 e. The van der Waals surface area contributed by atoms with Crippen LogP contribution in [0.3, 0.4) is 0 Å². The van der Waals surface area contributed by atoms with Crippen LogP contribution in [0.1, 0.15) is 28.5 Å². The number of rotatable bonds is 5. The normalized spacial score (nSPS) is 10.4. The van der Waals surface area contributed by atoms with Gasteiger partial charge in [0.2, 0.25) is 0 Å². The number of halogens is 2. The Morgan fingerprint density at radius 3 is 2.73 bits per heavy atom. The van der Waals surface area contributed by atoms with Crippen molar-refractivity contribution in [2.75, 3.05) is 11.9 Å². The van der Waals surface area contributed by atoms with Gasteiger partial charge in [-0.2, -0.15) is 0 Å². The summed E-state index contributed by atoms with van der Waals surface area (Å²) in [5, 5.41) is 4.15. The molecule has 0 radical (unpaired) electrons. The zero-order valence-corrected chi connectivity index (χ0v) is 13.7. The van der Waals surface area contributed by atoms with Gasteiger partial charge in [-0.15, -0.1) is 0 Å². The largest absolute Gasteiger partial charge is 0.461 e. The van der Waals surface area contributed by atoms with E-state index in [-0.39, 0.29) is 5.69 Å². The van der Waals surface area contributed by atoms with Crippen LogP contribution < -0.4 is 5.32 Å². The van der Waals surface area contributed by atoms with Gasteiger partial charge < -0.3 is 10.1 Å². The molecule has 0 saturated carbocycles. The van der Waals surface area contributed by atoms with Gasteiger partial charge in [0.15, 0.2) is 5.69 Å². The van der Waals surface area contributed by atoms with Crippen LogP contribution >= 0.6 is 23.2 Å². The lowest BCUT2D eigenvalue weighted by Gasteiger charge is -2.11. The van der Waals surface area contributed by atoms with Crippen molar-refractivity contribution in [1.82, 2.24) is 9.97 Å². The molecule has 1 aromatic carbocycles. The van der Waals surface area contributed by atoms with Gasteiger partial charge >= 0.3 is 5.97 Å². The zero-order chi connectivity index (χ0) is 16.1. The van der Waals surface area contributed by atoms with Gasteiger partial charge in [-0.1, -0.05) is 29.3 Å². The third-order valence-corrected chi connectivity index (χ3v) is 3.74. The van der Waals surface area contributed by atoms with E-state index < -0.39 is 5.97 Å². The molecule has 0 amide bonds. The highest BCUT2D eigenvalue weighted by molar-refractivity contribution is 6.42.